The SMILES string of the molecule is CC(C)c1nn(CN2CCN(C/C=C/c3ccccc3)CC2)c(=S)o1. The lowest BCUT2D eigenvalue weighted by atomic mass is 10.2. The van der Waals surface area contributed by atoms with Crippen molar-refractivity contribution >= 4 is 18.3 Å². The Balaban J connectivity index is 1.46. The van der Waals surface area contributed by atoms with Crippen molar-refractivity contribution in [3.05, 3.63) is 52.7 Å². The van der Waals surface area contributed by atoms with E-state index in [0.717, 1.165) is 38.6 Å². The van der Waals surface area contributed by atoms with Gasteiger partial charge in [-0.25, -0.2) is 4.68 Å². The molecule has 0 atom stereocenters. The second-order valence-corrected chi connectivity index (χ2v) is 7.08. The molecule has 0 unspecified atom stereocenters. The fourth-order valence-electron chi connectivity index (χ4n) is 2.85. The largest absolute Gasteiger partial charge is 0.414 e. The molecule has 1 aliphatic heterocycles. The fourth-order valence-corrected chi connectivity index (χ4v) is 3.03. The Bertz CT molecular complexity index is 742. The van der Waals surface area contributed by atoms with Gasteiger partial charge in [0.25, 0.3) is 4.84 Å². The third kappa shape index (κ3) is 5.11. The number of hydrogen-bond donors (Lipinski definition) is 0. The molecule has 1 saturated heterocycles. The number of piperazine rings is 1. The second-order valence-electron chi connectivity index (χ2n) is 6.73. The Morgan fingerprint density at radius 3 is 2.44 bits per heavy atom. The van der Waals surface area contributed by atoms with Crippen molar-refractivity contribution in [3.63, 3.8) is 0 Å². The summed E-state index contributed by atoms with van der Waals surface area (Å²) in [4.78, 5) is 5.31. The van der Waals surface area contributed by atoms with Crippen molar-refractivity contribution in [1.29, 1.82) is 0 Å². The molecule has 2 heterocycles. The van der Waals surface area contributed by atoms with Crippen LogP contribution in [0.15, 0.2) is 40.8 Å². The second kappa shape index (κ2) is 8.56. The summed E-state index contributed by atoms with van der Waals surface area (Å²) in [6.45, 7) is 9.98. The maximum atomic E-state index is 5.55. The summed E-state index contributed by atoms with van der Waals surface area (Å²) in [5.41, 5.74) is 1.25. The van der Waals surface area contributed by atoms with Gasteiger partial charge in [0, 0.05) is 38.6 Å². The minimum Gasteiger partial charge on any atom is -0.414 e. The molecule has 25 heavy (non-hydrogen) atoms. The topological polar surface area (TPSA) is 37.4 Å². The van der Waals surface area contributed by atoms with Gasteiger partial charge in [0.1, 0.15) is 0 Å². The van der Waals surface area contributed by atoms with E-state index >= 15 is 0 Å². The molecule has 0 aliphatic carbocycles. The zero-order chi connectivity index (χ0) is 17.6. The molecule has 134 valence electrons. The molecule has 1 fully saturated rings. The third-order valence-electron chi connectivity index (χ3n) is 4.39. The number of nitrogens with zero attached hydrogens (tertiary/aromatic N) is 4. The summed E-state index contributed by atoms with van der Waals surface area (Å²) in [5, 5.41) is 4.48. The molecule has 3 rings (SSSR count). The van der Waals surface area contributed by atoms with E-state index in [1.54, 1.807) is 4.68 Å². The standard InChI is InChI=1S/C19H26N4OS/c1-16(2)18-20-23(19(25)24-18)15-22-13-11-21(12-14-22)10-6-9-17-7-4-3-5-8-17/h3-9,16H,10-15H2,1-2H3/b9-6+. The normalized spacial score (nSPS) is 16.9. The predicted molar refractivity (Wildman–Crippen MR) is 103 cm³/mol. The number of aromatic nitrogens is 2. The molecule has 1 aliphatic rings. The molecular weight excluding hydrogens is 332 g/mol. The molecule has 0 spiro atoms. The maximum absolute atomic E-state index is 5.55. The summed E-state index contributed by atoms with van der Waals surface area (Å²) >= 11 is 5.28. The molecule has 0 saturated carbocycles. The monoisotopic (exact) mass is 358 g/mol. The van der Waals surface area contributed by atoms with Gasteiger partial charge < -0.3 is 4.42 Å². The molecular formula is C19H26N4OS. The first-order valence-electron chi connectivity index (χ1n) is 8.86. The highest BCUT2D eigenvalue weighted by Crippen LogP contribution is 2.13. The lowest BCUT2D eigenvalue weighted by molar-refractivity contribution is 0.109. The fraction of sp³-hybridized carbons (Fsp3) is 0.474. The Labute approximate surface area is 154 Å². The smallest absolute Gasteiger partial charge is 0.288 e. The predicted octanol–water partition coefficient (Wildman–Crippen LogP) is 3.62. The van der Waals surface area contributed by atoms with Crippen LogP contribution in [0, 0.1) is 4.84 Å². The van der Waals surface area contributed by atoms with Crippen molar-refractivity contribution < 1.29 is 4.42 Å². The summed E-state index contributed by atoms with van der Waals surface area (Å²) in [7, 11) is 0. The first-order chi connectivity index (χ1) is 12.1. The van der Waals surface area contributed by atoms with E-state index in [0.29, 0.717) is 11.5 Å². The van der Waals surface area contributed by atoms with Gasteiger partial charge in [0.15, 0.2) is 0 Å². The van der Waals surface area contributed by atoms with Crippen molar-refractivity contribution in [2.45, 2.75) is 26.4 Å². The first-order valence-corrected chi connectivity index (χ1v) is 9.27. The summed E-state index contributed by atoms with van der Waals surface area (Å²) in [6, 6.07) is 10.4. The van der Waals surface area contributed by atoms with E-state index in [2.05, 4.69) is 65.2 Å². The maximum Gasteiger partial charge on any atom is 0.288 e. The third-order valence-corrected chi connectivity index (χ3v) is 4.68. The van der Waals surface area contributed by atoms with Crippen molar-refractivity contribution in [2.75, 3.05) is 32.7 Å². The van der Waals surface area contributed by atoms with E-state index in [1.807, 2.05) is 6.07 Å². The van der Waals surface area contributed by atoms with Crippen LogP contribution in [0.5, 0.6) is 0 Å². The average Bonchev–Trinajstić information content (AvgIpc) is 2.98. The van der Waals surface area contributed by atoms with E-state index in [-0.39, 0.29) is 5.92 Å². The van der Waals surface area contributed by atoms with Gasteiger partial charge in [0.05, 0.1) is 6.67 Å². The van der Waals surface area contributed by atoms with Crippen LogP contribution >= 0.6 is 12.2 Å². The van der Waals surface area contributed by atoms with Gasteiger partial charge in [-0.3, -0.25) is 9.80 Å². The lowest BCUT2D eigenvalue weighted by Crippen LogP contribution is -2.46. The Kier molecular flexibility index (Phi) is 6.18. The van der Waals surface area contributed by atoms with Crippen LogP contribution in [0.25, 0.3) is 6.08 Å². The van der Waals surface area contributed by atoms with Crippen LogP contribution in [0.3, 0.4) is 0 Å². The molecule has 2 aromatic rings. The van der Waals surface area contributed by atoms with Crippen LogP contribution in [0.4, 0.5) is 0 Å². The number of hydrogen-bond acceptors (Lipinski definition) is 5. The van der Waals surface area contributed by atoms with Gasteiger partial charge >= 0.3 is 0 Å². The lowest BCUT2D eigenvalue weighted by Gasteiger charge is -2.33. The highest BCUT2D eigenvalue weighted by atomic mass is 32.1. The zero-order valence-electron chi connectivity index (χ0n) is 15.0. The van der Waals surface area contributed by atoms with Gasteiger partial charge in [-0.2, -0.15) is 0 Å². The molecule has 1 aromatic heterocycles. The van der Waals surface area contributed by atoms with Gasteiger partial charge in [0.2, 0.25) is 5.89 Å². The summed E-state index contributed by atoms with van der Waals surface area (Å²) in [5.74, 6) is 0.978. The van der Waals surface area contributed by atoms with E-state index < -0.39 is 0 Å². The van der Waals surface area contributed by atoms with Crippen molar-refractivity contribution in [3.8, 4) is 0 Å². The molecule has 5 nitrogen and oxygen atoms in total. The average molecular weight is 359 g/mol. The molecule has 0 bridgehead atoms. The minimum atomic E-state index is 0.260. The van der Waals surface area contributed by atoms with Crippen LogP contribution in [0.2, 0.25) is 0 Å². The molecule has 0 N–H and O–H groups in total. The minimum absolute atomic E-state index is 0.260. The van der Waals surface area contributed by atoms with Crippen molar-refractivity contribution in [2.24, 2.45) is 0 Å². The van der Waals surface area contributed by atoms with E-state index in [4.69, 9.17) is 16.6 Å². The Morgan fingerprint density at radius 2 is 1.80 bits per heavy atom. The van der Waals surface area contributed by atoms with Crippen molar-refractivity contribution in [1.82, 2.24) is 19.6 Å². The first kappa shape index (κ1) is 18.0. The van der Waals surface area contributed by atoms with E-state index in [9.17, 15) is 0 Å². The van der Waals surface area contributed by atoms with E-state index in [1.165, 1.54) is 5.56 Å². The quantitative estimate of drug-likeness (QED) is 0.737. The molecule has 0 amide bonds. The number of benzene rings is 1. The Morgan fingerprint density at radius 1 is 1.12 bits per heavy atom. The van der Waals surface area contributed by atoms with Gasteiger partial charge in [-0.1, -0.05) is 56.3 Å². The number of rotatable bonds is 6. The van der Waals surface area contributed by atoms with Gasteiger partial charge in [-0.05, 0) is 17.8 Å². The Hall–Kier alpha value is -1.76. The summed E-state index contributed by atoms with van der Waals surface area (Å²) in [6.07, 6.45) is 4.43. The summed E-state index contributed by atoms with van der Waals surface area (Å²) < 4.78 is 7.36. The van der Waals surface area contributed by atoms with Crippen LogP contribution < -0.4 is 0 Å². The highest BCUT2D eigenvalue weighted by molar-refractivity contribution is 7.71. The zero-order valence-corrected chi connectivity index (χ0v) is 15.8. The highest BCUT2D eigenvalue weighted by Gasteiger charge is 2.18. The molecule has 6 heteroatoms. The molecule has 1 aromatic carbocycles. The van der Waals surface area contributed by atoms with Crippen LogP contribution in [-0.2, 0) is 6.67 Å². The van der Waals surface area contributed by atoms with Crippen LogP contribution in [-0.4, -0.2) is 52.3 Å². The molecule has 0 radical (unpaired) electrons. The van der Waals surface area contributed by atoms with Gasteiger partial charge in [-0.15, -0.1) is 5.10 Å². The van der Waals surface area contributed by atoms with Crippen LogP contribution in [0.1, 0.15) is 31.2 Å².